The van der Waals surface area contributed by atoms with Gasteiger partial charge in [-0.1, -0.05) is 0 Å². The van der Waals surface area contributed by atoms with Gasteiger partial charge in [0, 0.05) is 24.7 Å². The fourth-order valence-corrected chi connectivity index (χ4v) is 1.37. The lowest BCUT2D eigenvalue weighted by Crippen LogP contribution is -1.91. The molecule has 2 aromatic rings. The third-order valence-corrected chi connectivity index (χ3v) is 1.97. The Morgan fingerprint density at radius 1 is 1.46 bits per heavy atom. The molecular formula is C9H11N3O. The molecule has 0 aliphatic heterocycles. The normalized spacial score (nSPS) is 10.6. The number of ether oxygens (including phenoxy) is 1. The molecule has 0 unspecified atom stereocenters. The molecule has 4 nitrogen and oxygen atoms in total. The van der Waals surface area contributed by atoms with Crippen molar-refractivity contribution in [1.29, 1.82) is 0 Å². The molecule has 1 aromatic carbocycles. The monoisotopic (exact) mass is 177 g/mol. The van der Waals surface area contributed by atoms with E-state index in [1.807, 2.05) is 25.4 Å². The first-order valence-corrected chi connectivity index (χ1v) is 3.97. The van der Waals surface area contributed by atoms with Crippen LogP contribution in [0.5, 0.6) is 5.75 Å². The van der Waals surface area contributed by atoms with Gasteiger partial charge >= 0.3 is 0 Å². The summed E-state index contributed by atoms with van der Waals surface area (Å²) in [5.74, 6) is 0.672. The molecule has 0 aliphatic rings. The number of nitrogens with zero attached hydrogens (tertiary/aromatic N) is 2. The highest BCUT2D eigenvalue weighted by Crippen LogP contribution is 2.26. The molecule has 2 rings (SSSR count). The van der Waals surface area contributed by atoms with Crippen LogP contribution in [-0.2, 0) is 7.05 Å². The van der Waals surface area contributed by atoms with Crippen molar-refractivity contribution in [2.24, 2.45) is 7.05 Å². The number of rotatable bonds is 1. The summed E-state index contributed by atoms with van der Waals surface area (Å²) in [5.41, 5.74) is 7.28. The highest BCUT2D eigenvalue weighted by Gasteiger charge is 2.04. The van der Waals surface area contributed by atoms with Gasteiger partial charge in [-0.25, -0.2) is 0 Å². The van der Waals surface area contributed by atoms with Crippen LogP contribution in [0.2, 0.25) is 0 Å². The van der Waals surface area contributed by atoms with Crippen molar-refractivity contribution >= 4 is 16.6 Å². The predicted molar refractivity (Wildman–Crippen MR) is 51.7 cm³/mol. The largest absolute Gasteiger partial charge is 0.495 e. The van der Waals surface area contributed by atoms with E-state index in [2.05, 4.69) is 5.10 Å². The smallest absolute Gasteiger partial charge is 0.144 e. The second-order valence-corrected chi connectivity index (χ2v) is 2.96. The molecule has 0 spiro atoms. The van der Waals surface area contributed by atoms with Crippen molar-refractivity contribution < 1.29 is 4.74 Å². The Hall–Kier alpha value is -1.71. The van der Waals surface area contributed by atoms with Gasteiger partial charge in [0.1, 0.15) is 5.75 Å². The zero-order valence-electron chi connectivity index (χ0n) is 7.61. The van der Waals surface area contributed by atoms with Crippen molar-refractivity contribution in [3.8, 4) is 5.75 Å². The van der Waals surface area contributed by atoms with Gasteiger partial charge in [0.2, 0.25) is 0 Å². The molecule has 68 valence electrons. The number of hydrogen-bond acceptors (Lipinski definition) is 3. The van der Waals surface area contributed by atoms with Crippen molar-refractivity contribution in [3.05, 3.63) is 18.3 Å². The summed E-state index contributed by atoms with van der Waals surface area (Å²) in [6.07, 6.45) is 1.92. The minimum atomic E-state index is 0.642. The fourth-order valence-electron chi connectivity index (χ4n) is 1.37. The molecule has 0 atom stereocenters. The number of nitrogen functional groups attached to an aromatic ring is 1. The molecule has 0 amide bonds. The average molecular weight is 177 g/mol. The number of nitrogens with two attached hydrogens (primary N) is 1. The Morgan fingerprint density at radius 3 is 2.92 bits per heavy atom. The van der Waals surface area contributed by atoms with Gasteiger partial charge in [-0.05, 0) is 6.07 Å². The van der Waals surface area contributed by atoms with Crippen molar-refractivity contribution in [2.45, 2.75) is 0 Å². The predicted octanol–water partition coefficient (Wildman–Crippen LogP) is 1.16. The van der Waals surface area contributed by atoms with Gasteiger partial charge < -0.3 is 10.5 Å². The van der Waals surface area contributed by atoms with Crippen molar-refractivity contribution in [3.63, 3.8) is 0 Å². The maximum atomic E-state index is 5.74. The van der Waals surface area contributed by atoms with Crippen molar-refractivity contribution in [2.75, 3.05) is 12.8 Å². The quantitative estimate of drug-likeness (QED) is 0.665. The molecule has 4 heteroatoms. The third-order valence-electron chi connectivity index (χ3n) is 1.97. The molecule has 0 aliphatic carbocycles. The molecule has 0 fully saturated rings. The van der Waals surface area contributed by atoms with Crippen LogP contribution in [0.3, 0.4) is 0 Å². The van der Waals surface area contributed by atoms with Crippen LogP contribution in [-0.4, -0.2) is 16.9 Å². The molecule has 0 saturated carbocycles. The molecule has 13 heavy (non-hydrogen) atoms. The summed E-state index contributed by atoms with van der Waals surface area (Å²) in [6, 6.07) is 3.70. The van der Waals surface area contributed by atoms with E-state index in [1.54, 1.807) is 11.8 Å². The Morgan fingerprint density at radius 2 is 2.23 bits per heavy atom. The number of aromatic nitrogens is 2. The first-order chi connectivity index (χ1) is 6.20. The summed E-state index contributed by atoms with van der Waals surface area (Å²) >= 11 is 0. The van der Waals surface area contributed by atoms with Crippen LogP contribution < -0.4 is 10.5 Å². The van der Waals surface area contributed by atoms with Crippen LogP contribution in [0.15, 0.2) is 18.3 Å². The zero-order chi connectivity index (χ0) is 9.42. The number of anilines is 1. The van der Waals surface area contributed by atoms with Crippen LogP contribution in [0.4, 0.5) is 5.69 Å². The molecular weight excluding hydrogens is 166 g/mol. The minimum absolute atomic E-state index is 0.642. The molecule has 1 aromatic heterocycles. The van der Waals surface area contributed by atoms with E-state index in [1.165, 1.54) is 0 Å². The molecule has 2 N–H and O–H groups in total. The number of hydrogen-bond donors (Lipinski definition) is 1. The summed E-state index contributed by atoms with van der Waals surface area (Å²) in [5, 5.41) is 5.27. The third kappa shape index (κ3) is 1.20. The summed E-state index contributed by atoms with van der Waals surface area (Å²) in [7, 11) is 3.48. The Kier molecular flexibility index (Phi) is 1.62. The zero-order valence-corrected chi connectivity index (χ0v) is 7.61. The maximum absolute atomic E-state index is 5.74. The van der Waals surface area contributed by atoms with Crippen LogP contribution in [0.25, 0.3) is 10.9 Å². The highest BCUT2D eigenvalue weighted by molar-refractivity contribution is 5.84. The summed E-state index contributed by atoms with van der Waals surface area (Å²) in [4.78, 5) is 0. The number of fused-ring (bicyclic) bond motifs is 1. The minimum Gasteiger partial charge on any atom is -0.495 e. The van der Waals surface area contributed by atoms with Gasteiger partial charge in [-0.3, -0.25) is 4.68 Å². The van der Waals surface area contributed by atoms with E-state index >= 15 is 0 Å². The maximum Gasteiger partial charge on any atom is 0.144 e. The number of benzene rings is 1. The second kappa shape index (κ2) is 2.65. The molecule has 0 saturated heterocycles. The second-order valence-electron chi connectivity index (χ2n) is 2.96. The standard InChI is InChI=1S/C9H11N3O/c1-12-5-6-3-7(10)9(13-2)4-8(6)11-12/h3-5H,10H2,1-2H3. The van der Waals surface area contributed by atoms with E-state index in [4.69, 9.17) is 10.5 Å². The van der Waals surface area contributed by atoms with E-state index in [0.29, 0.717) is 11.4 Å². The van der Waals surface area contributed by atoms with Crippen LogP contribution >= 0.6 is 0 Å². The van der Waals surface area contributed by atoms with E-state index in [-0.39, 0.29) is 0 Å². The van der Waals surface area contributed by atoms with Crippen LogP contribution in [0, 0.1) is 0 Å². The first kappa shape index (κ1) is 7.91. The fraction of sp³-hybridized carbons (Fsp3) is 0.222. The summed E-state index contributed by atoms with van der Waals surface area (Å²) in [6.45, 7) is 0. The van der Waals surface area contributed by atoms with Gasteiger partial charge in [0.05, 0.1) is 18.3 Å². The lowest BCUT2D eigenvalue weighted by Gasteiger charge is -2.02. The SMILES string of the molecule is COc1cc2nn(C)cc2cc1N. The van der Waals surface area contributed by atoms with Gasteiger partial charge in [0.15, 0.2) is 0 Å². The lowest BCUT2D eigenvalue weighted by molar-refractivity contribution is 0.417. The Balaban J connectivity index is 2.72. The topological polar surface area (TPSA) is 53.1 Å². The van der Waals surface area contributed by atoms with E-state index in [9.17, 15) is 0 Å². The van der Waals surface area contributed by atoms with Gasteiger partial charge in [0.25, 0.3) is 0 Å². The first-order valence-electron chi connectivity index (χ1n) is 3.97. The van der Waals surface area contributed by atoms with E-state index < -0.39 is 0 Å². The van der Waals surface area contributed by atoms with Crippen molar-refractivity contribution in [1.82, 2.24) is 9.78 Å². The van der Waals surface area contributed by atoms with Gasteiger partial charge in [-0.2, -0.15) is 5.10 Å². The number of aryl methyl sites for hydroxylation is 1. The lowest BCUT2D eigenvalue weighted by atomic mass is 10.2. The van der Waals surface area contributed by atoms with E-state index in [0.717, 1.165) is 10.9 Å². The molecule has 1 heterocycles. The van der Waals surface area contributed by atoms with Crippen LogP contribution in [0.1, 0.15) is 0 Å². The average Bonchev–Trinajstić information content (AvgIpc) is 2.42. The highest BCUT2D eigenvalue weighted by atomic mass is 16.5. The Labute approximate surface area is 75.9 Å². The molecule has 0 radical (unpaired) electrons. The Bertz CT molecular complexity index is 447. The summed E-state index contributed by atoms with van der Waals surface area (Å²) < 4.78 is 6.84. The number of methoxy groups -OCH3 is 1. The van der Waals surface area contributed by atoms with Gasteiger partial charge in [-0.15, -0.1) is 0 Å². The molecule has 0 bridgehead atoms.